The van der Waals surface area contributed by atoms with Gasteiger partial charge in [0.1, 0.15) is 9.75 Å². The second-order valence-corrected chi connectivity index (χ2v) is 9.85. The third-order valence-corrected chi connectivity index (χ3v) is 9.73. The minimum Gasteiger partial charge on any atom is -0.392 e. The first-order valence-electron chi connectivity index (χ1n) is 8.33. The lowest BCUT2D eigenvalue weighted by Gasteiger charge is -2.55. The van der Waals surface area contributed by atoms with E-state index in [1.165, 1.54) is 14.2 Å². The van der Waals surface area contributed by atoms with Crippen molar-refractivity contribution in [2.24, 2.45) is 23.2 Å². The van der Waals surface area contributed by atoms with Crippen molar-refractivity contribution in [2.75, 3.05) is 14.2 Å². The molecule has 3 aliphatic carbocycles. The predicted molar refractivity (Wildman–Crippen MR) is 99.2 cm³/mol. The third kappa shape index (κ3) is 1.82. The van der Waals surface area contributed by atoms with Gasteiger partial charge in [-0.25, -0.2) is 0 Å². The van der Waals surface area contributed by atoms with E-state index in [0.29, 0.717) is 6.42 Å². The summed E-state index contributed by atoms with van der Waals surface area (Å²) >= 11 is 27.2. The summed E-state index contributed by atoms with van der Waals surface area (Å²) in [5.41, 5.74) is -1.09. The van der Waals surface area contributed by atoms with Crippen molar-refractivity contribution in [3.8, 4) is 0 Å². The number of hydrogen-bond acceptors (Lipinski definition) is 4. The summed E-state index contributed by atoms with van der Waals surface area (Å²) in [6.07, 6.45) is -1.34. The summed E-state index contributed by atoms with van der Waals surface area (Å²) in [7, 11) is 2.83. The Balaban J connectivity index is 2.34. The molecule has 8 heteroatoms. The molecule has 3 aliphatic rings. The third-order valence-electron chi connectivity index (χ3n) is 6.96. The first-order valence-corrected chi connectivity index (χ1v) is 9.85. The topological polar surface area (TPSA) is 58.9 Å². The molecule has 2 bridgehead atoms. The van der Waals surface area contributed by atoms with Crippen LogP contribution in [-0.4, -0.2) is 52.2 Å². The fourth-order valence-corrected chi connectivity index (χ4v) is 8.05. The summed E-state index contributed by atoms with van der Waals surface area (Å²) in [6, 6.07) is 0. The van der Waals surface area contributed by atoms with Crippen LogP contribution >= 0.6 is 46.4 Å². The van der Waals surface area contributed by atoms with Crippen LogP contribution in [0.25, 0.3) is 0 Å². The number of aliphatic hydroxyl groups excluding tert-OH is 2. The molecule has 2 saturated carbocycles. The van der Waals surface area contributed by atoms with E-state index in [1.54, 1.807) is 6.92 Å². The summed E-state index contributed by atoms with van der Waals surface area (Å²) < 4.78 is 11.4. The van der Waals surface area contributed by atoms with Crippen LogP contribution in [0.3, 0.4) is 0 Å². The average molecular weight is 434 g/mol. The largest absolute Gasteiger partial charge is 0.392 e. The van der Waals surface area contributed by atoms with Crippen molar-refractivity contribution in [1.82, 2.24) is 0 Å². The van der Waals surface area contributed by atoms with Crippen molar-refractivity contribution in [2.45, 2.75) is 54.9 Å². The van der Waals surface area contributed by atoms with Gasteiger partial charge in [-0.2, -0.15) is 0 Å². The molecule has 2 N–H and O–H groups in total. The van der Waals surface area contributed by atoms with Gasteiger partial charge in [-0.15, -0.1) is 23.2 Å². The van der Waals surface area contributed by atoms with E-state index < -0.39 is 39.1 Å². The number of methoxy groups -OCH3 is 2. The molecule has 0 radical (unpaired) electrons. The molecular formula is C17H24Cl4O4. The quantitative estimate of drug-likeness (QED) is 0.526. The highest BCUT2D eigenvalue weighted by Gasteiger charge is 2.91. The van der Waals surface area contributed by atoms with Gasteiger partial charge in [-0.1, -0.05) is 44.0 Å². The normalized spacial score (nSPS) is 51.4. The first-order chi connectivity index (χ1) is 11.4. The SMILES string of the molecule is COC1(OC)[C@]2(Cl)C(Cl)=C(Cl)[C@@]1(Cl)[C@]1(C)[C@H]2[C@H](O)[C@H](C(C)C)C[C@@H]1O. The van der Waals surface area contributed by atoms with E-state index in [1.807, 2.05) is 13.8 Å². The molecule has 0 unspecified atom stereocenters. The minimum atomic E-state index is -1.62. The van der Waals surface area contributed by atoms with Gasteiger partial charge in [0.2, 0.25) is 5.79 Å². The second kappa shape index (κ2) is 5.87. The van der Waals surface area contributed by atoms with E-state index >= 15 is 0 Å². The molecule has 0 aromatic carbocycles. The molecule has 144 valence electrons. The Kier molecular flexibility index (Phi) is 4.81. The number of rotatable bonds is 3. The van der Waals surface area contributed by atoms with Gasteiger partial charge < -0.3 is 19.7 Å². The molecule has 0 saturated heterocycles. The predicted octanol–water partition coefficient (Wildman–Crippen LogP) is 3.67. The van der Waals surface area contributed by atoms with Gasteiger partial charge in [0.15, 0.2) is 0 Å². The molecule has 2 fully saturated rings. The van der Waals surface area contributed by atoms with E-state index in [4.69, 9.17) is 55.9 Å². The summed E-state index contributed by atoms with van der Waals surface area (Å²) in [5, 5.41) is 22.6. The van der Waals surface area contributed by atoms with Crippen LogP contribution in [0.4, 0.5) is 0 Å². The zero-order valence-electron chi connectivity index (χ0n) is 14.8. The monoisotopic (exact) mass is 432 g/mol. The van der Waals surface area contributed by atoms with Crippen molar-refractivity contribution in [1.29, 1.82) is 0 Å². The van der Waals surface area contributed by atoms with E-state index in [2.05, 4.69) is 0 Å². The molecular weight excluding hydrogens is 410 g/mol. The Bertz CT molecular complexity index is 622. The van der Waals surface area contributed by atoms with Crippen molar-refractivity contribution < 1.29 is 19.7 Å². The van der Waals surface area contributed by atoms with Crippen LogP contribution in [0.2, 0.25) is 0 Å². The summed E-state index contributed by atoms with van der Waals surface area (Å²) in [5.74, 6) is -2.36. The standard InChI is InChI=1S/C17H24Cl4O4/c1-7(2)8-6-9(22)14(3)11(10(8)23)15(20)12(18)13(19)16(14,21)17(15,24-4)25-5/h7-11,22-23H,6H2,1-5H3/t8-,9-,10+,11+,14-,15+,16+/m0/s1. The Morgan fingerprint density at radius 2 is 1.60 bits per heavy atom. The number of halogens is 4. The first kappa shape index (κ1) is 20.5. The molecule has 0 spiro atoms. The molecule has 0 aromatic rings. The van der Waals surface area contributed by atoms with Crippen LogP contribution in [0.15, 0.2) is 10.1 Å². The van der Waals surface area contributed by atoms with Gasteiger partial charge in [-0.3, -0.25) is 0 Å². The van der Waals surface area contributed by atoms with E-state index in [9.17, 15) is 10.2 Å². The molecule has 0 aromatic heterocycles. The van der Waals surface area contributed by atoms with Crippen LogP contribution in [0.1, 0.15) is 27.2 Å². The Morgan fingerprint density at radius 3 is 2.04 bits per heavy atom. The number of ether oxygens (including phenoxy) is 2. The second-order valence-electron chi connectivity index (χ2n) is 7.93. The lowest BCUT2D eigenvalue weighted by atomic mass is 9.55. The van der Waals surface area contributed by atoms with Crippen LogP contribution in [0.5, 0.6) is 0 Å². The molecule has 4 nitrogen and oxygen atoms in total. The molecule has 3 rings (SSSR count). The lowest BCUT2D eigenvalue weighted by Crippen LogP contribution is -2.63. The Morgan fingerprint density at radius 1 is 1.08 bits per heavy atom. The fourth-order valence-electron chi connectivity index (χ4n) is 5.65. The van der Waals surface area contributed by atoms with Gasteiger partial charge in [0, 0.05) is 25.6 Å². The highest BCUT2D eigenvalue weighted by atomic mass is 35.5. The zero-order chi connectivity index (χ0) is 19.2. The van der Waals surface area contributed by atoms with Gasteiger partial charge in [0.25, 0.3) is 0 Å². The fraction of sp³-hybridized carbons (Fsp3) is 0.882. The minimum absolute atomic E-state index is 0.0996. The van der Waals surface area contributed by atoms with E-state index in [0.717, 1.165) is 0 Å². The maximum Gasteiger partial charge on any atom is 0.218 e. The van der Waals surface area contributed by atoms with Crippen LogP contribution in [-0.2, 0) is 9.47 Å². The number of alkyl halides is 2. The average Bonchev–Trinajstić information content (AvgIpc) is 2.78. The van der Waals surface area contributed by atoms with Crippen LogP contribution < -0.4 is 0 Å². The lowest BCUT2D eigenvalue weighted by molar-refractivity contribution is -0.225. The molecule has 0 aliphatic heterocycles. The maximum atomic E-state index is 11.2. The van der Waals surface area contributed by atoms with Crippen molar-refractivity contribution in [3.05, 3.63) is 10.1 Å². The summed E-state index contributed by atoms with van der Waals surface area (Å²) in [4.78, 5) is -3.05. The van der Waals surface area contributed by atoms with E-state index in [-0.39, 0.29) is 21.9 Å². The Hall–Kier alpha value is 0.740. The number of hydrogen-bond donors (Lipinski definition) is 2. The number of aliphatic hydroxyl groups is 2. The van der Waals surface area contributed by atoms with Gasteiger partial charge in [-0.05, 0) is 18.3 Å². The summed E-state index contributed by atoms with van der Waals surface area (Å²) in [6.45, 7) is 5.77. The van der Waals surface area contributed by atoms with Gasteiger partial charge >= 0.3 is 0 Å². The van der Waals surface area contributed by atoms with Gasteiger partial charge in [0.05, 0.1) is 22.3 Å². The van der Waals surface area contributed by atoms with Crippen LogP contribution in [0, 0.1) is 23.2 Å². The molecule has 25 heavy (non-hydrogen) atoms. The number of fused-ring (bicyclic) bond motifs is 5. The zero-order valence-corrected chi connectivity index (χ0v) is 17.8. The highest BCUT2D eigenvalue weighted by Crippen LogP contribution is 2.80. The Labute approximate surface area is 168 Å². The smallest absolute Gasteiger partial charge is 0.218 e. The molecule has 7 atom stereocenters. The maximum absolute atomic E-state index is 11.2. The van der Waals surface area contributed by atoms with Crippen molar-refractivity contribution >= 4 is 46.4 Å². The van der Waals surface area contributed by atoms with Crippen molar-refractivity contribution in [3.63, 3.8) is 0 Å². The molecule has 0 heterocycles. The molecule has 0 amide bonds. The highest BCUT2D eigenvalue weighted by molar-refractivity contribution is 6.52.